The second-order valence-corrected chi connectivity index (χ2v) is 6.04. The zero-order valence-electron chi connectivity index (χ0n) is 16.1. The number of ether oxygens (including phenoxy) is 3. The van der Waals surface area contributed by atoms with Crippen molar-refractivity contribution in [3.63, 3.8) is 0 Å². The molecule has 1 unspecified atom stereocenters. The quantitative estimate of drug-likeness (QED) is 0.348. The number of carboxylic acid groups (broad SMARTS) is 1. The van der Waals surface area contributed by atoms with Crippen LogP contribution in [0.3, 0.4) is 0 Å². The summed E-state index contributed by atoms with van der Waals surface area (Å²) < 4.78 is 15.7. The number of nitrogen functional groups attached to an aromatic ring is 1. The molecule has 0 aliphatic carbocycles. The van der Waals surface area contributed by atoms with E-state index >= 15 is 0 Å². The lowest BCUT2D eigenvalue weighted by atomic mass is 10.1. The van der Waals surface area contributed by atoms with Crippen molar-refractivity contribution in [1.29, 1.82) is 5.41 Å². The van der Waals surface area contributed by atoms with E-state index in [0.717, 1.165) is 5.56 Å². The van der Waals surface area contributed by atoms with Crippen LogP contribution in [-0.4, -0.2) is 43.6 Å². The number of nitrogens with one attached hydrogen (secondary N) is 2. The summed E-state index contributed by atoms with van der Waals surface area (Å²) in [4.78, 5) is 23.4. The largest absolute Gasteiger partial charge is 0.493 e. The van der Waals surface area contributed by atoms with Crippen LogP contribution >= 0.6 is 0 Å². The van der Waals surface area contributed by atoms with Crippen molar-refractivity contribution in [2.45, 2.75) is 12.6 Å². The third kappa shape index (κ3) is 5.94. The molecule has 29 heavy (non-hydrogen) atoms. The monoisotopic (exact) mass is 401 g/mol. The number of nitrogens with two attached hydrogens (primary N) is 1. The van der Waals surface area contributed by atoms with Crippen LogP contribution in [0, 0.1) is 5.41 Å². The van der Waals surface area contributed by atoms with Crippen LogP contribution in [-0.2, 0) is 20.9 Å². The normalized spacial score (nSPS) is 11.4. The Morgan fingerprint density at radius 1 is 1.14 bits per heavy atom. The van der Waals surface area contributed by atoms with Crippen LogP contribution in [0.4, 0.5) is 0 Å². The number of rotatable bonds is 10. The first kappa shape index (κ1) is 21.7. The SMILES string of the molecule is COc1ccc(C(OC)C(=O)NCc2ccc(C(=N)N)cc2)cc1OCC(=O)O. The van der Waals surface area contributed by atoms with E-state index in [4.69, 9.17) is 30.5 Å². The van der Waals surface area contributed by atoms with Gasteiger partial charge >= 0.3 is 5.97 Å². The van der Waals surface area contributed by atoms with Gasteiger partial charge in [0.05, 0.1) is 7.11 Å². The van der Waals surface area contributed by atoms with Gasteiger partial charge in [0.25, 0.3) is 5.91 Å². The molecule has 2 aromatic carbocycles. The Morgan fingerprint density at radius 3 is 2.38 bits per heavy atom. The van der Waals surface area contributed by atoms with Crippen molar-refractivity contribution in [3.8, 4) is 11.5 Å². The lowest BCUT2D eigenvalue weighted by Gasteiger charge is -2.18. The van der Waals surface area contributed by atoms with Crippen LogP contribution < -0.4 is 20.5 Å². The minimum absolute atomic E-state index is 0.0274. The Hall–Kier alpha value is -3.59. The first-order valence-corrected chi connectivity index (χ1v) is 8.62. The Bertz CT molecular complexity index is 882. The number of aliphatic carboxylic acids is 1. The zero-order valence-corrected chi connectivity index (χ0v) is 16.1. The van der Waals surface area contributed by atoms with Crippen molar-refractivity contribution < 1.29 is 28.9 Å². The summed E-state index contributed by atoms with van der Waals surface area (Å²) in [6.07, 6.45) is -0.926. The summed E-state index contributed by atoms with van der Waals surface area (Å²) in [6.45, 7) is -0.282. The van der Waals surface area contributed by atoms with Crippen LogP contribution in [0.25, 0.3) is 0 Å². The van der Waals surface area contributed by atoms with Gasteiger partial charge < -0.3 is 30.4 Å². The Balaban J connectivity index is 2.10. The first-order chi connectivity index (χ1) is 13.8. The number of carboxylic acids is 1. The van der Waals surface area contributed by atoms with Gasteiger partial charge in [-0.1, -0.05) is 30.3 Å². The molecule has 0 radical (unpaired) electrons. The van der Waals surface area contributed by atoms with Crippen molar-refractivity contribution in [2.75, 3.05) is 20.8 Å². The molecule has 0 heterocycles. The fourth-order valence-corrected chi connectivity index (χ4v) is 2.59. The molecule has 0 saturated carbocycles. The van der Waals surface area contributed by atoms with E-state index in [2.05, 4.69) is 5.32 Å². The molecule has 2 rings (SSSR count). The van der Waals surface area contributed by atoms with Gasteiger partial charge in [-0.2, -0.15) is 0 Å². The van der Waals surface area contributed by atoms with Gasteiger partial charge in [0.15, 0.2) is 24.2 Å². The number of hydrogen-bond acceptors (Lipinski definition) is 6. The van der Waals surface area contributed by atoms with Crippen molar-refractivity contribution in [1.82, 2.24) is 5.32 Å². The lowest BCUT2D eigenvalue weighted by Crippen LogP contribution is -2.30. The second kappa shape index (κ2) is 10.1. The van der Waals surface area contributed by atoms with E-state index < -0.39 is 18.7 Å². The molecule has 9 heteroatoms. The summed E-state index contributed by atoms with van der Waals surface area (Å²) in [6, 6.07) is 11.7. The number of amidine groups is 1. The number of benzene rings is 2. The third-order valence-electron chi connectivity index (χ3n) is 4.05. The molecule has 5 N–H and O–H groups in total. The van der Waals surface area contributed by atoms with E-state index in [-0.39, 0.29) is 24.0 Å². The molecule has 1 atom stereocenters. The number of methoxy groups -OCH3 is 2. The van der Waals surface area contributed by atoms with Gasteiger partial charge in [-0.25, -0.2) is 4.79 Å². The van der Waals surface area contributed by atoms with Crippen molar-refractivity contribution in [2.24, 2.45) is 5.73 Å². The molecule has 0 aromatic heterocycles. The van der Waals surface area contributed by atoms with Gasteiger partial charge in [-0.3, -0.25) is 10.2 Å². The number of carbonyl (C=O) groups is 2. The first-order valence-electron chi connectivity index (χ1n) is 8.62. The van der Waals surface area contributed by atoms with E-state index in [1.807, 2.05) is 0 Å². The van der Waals surface area contributed by atoms with Crippen molar-refractivity contribution >= 4 is 17.7 Å². The van der Waals surface area contributed by atoms with E-state index in [9.17, 15) is 9.59 Å². The van der Waals surface area contributed by atoms with Crippen LogP contribution in [0.2, 0.25) is 0 Å². The third-order valence-corrected chi connectivity index (χ3v) is 4.05. The van der Waals surface area contributed by atoms with Crippen LogP contribution in [0.1, 0.15) is 22.8 Å². The molecular weight excluding hydrogens is 378 g/mol. The standard InChI is InChI=1S/C20H23N3O6/c1-27-15-8-7-14(9-16(15)29-11-17(24)25)18(28-2)20(26)23-10-12-3-5-13(6-4-12)19(21)22/h3-9,18H,10-11H2,1-2H3,(H3,21,22)(H,23,26)(H,24,25). The molecular formula is C20H23N3O6. The fourth-order valence-electron chi connectivity index (χ4n) is 2.59. The maximum atomic E-state index is 12.6. The molecule has 154 valence electrons. The molecule has 0 fully saturated rings. The molecule has 0 aliphatic heterocycles. The smallest absolute Gasteiger partial charge is 0.341 e. The van der Waals surface area contributed by atoms with Gasteiger partial charge in [0.1, 0.15) is 5.84 Å². The van der Waals surface area contributed by atoms with E-state index in [0.29, 0.717) is 16.9 Å². The summed E-state index contributed by atoms with van der Waals surface area (Å²) in [7, 11) is 2.83. The Kier molecular flexibility index (Phi) is 7.55. The van der Waals surface area contributed by atoms with Gasteiger partial charge in [-0.15, -0.1) is 0 Å². The topological polar surface area (TPSA) is 144 Å². The molecule has 0 spiro atoms. The minimum Gasteiger partial charge on any atom is -0.493 e. The van der Waals surface area contributed by atoms with Crippen LogP contribution in [0.5, 0.6) is 11.5 Å². The highest BCUT2D eigenvalue weighted by Crippen LogP contribution is 2.31. The summed E-state index contributed by atoms with van der Waals surface area (Å²) in [5.74, 6) is -0.995. The second-order valence-electron chi connectivity index (χ2n) is 6.04. The maximum absolute atomic E-state index is 12.6. The zero-order chi connectivity index (χ0) is 21.4. The lowest BCUT2D eigenvalue weighted by molar-refractivity contribution is -0.139. The van der Waals surface area contributed by atoms with Gasteiger partial charge in [0.2, 0.25) is 0 Å². The predicted octanol–water partition coefficient (Wildman–Crippen LogP) is 1.45. The summed E-state index contributed by atoms with van der Waals surface area (Å²) >= 11 is 0. The molecule has 2 aromatic rings. The minimum atomic E-state index is -1.13. The Morgan fingerprint density at radius 2 is 1.83 bits per heavy atom. The Labute approximate surface area is 167 Å². The van der Waals surface area contributed by atoms with E-state index in [1.165, 1.54) is 20.3 Å². The highest BCUT2D eigenvalue weighted by molar-refractivity contribution is 5.94. The molecule has 1 amide bonds. The van der Waals surface area contributed by atoms with E-state index in [1.54, 1.807) is 36.4 Å². The van der Waals surface area contributed by atoms with Crippen molar-refractivity contribution in [3.05, 3.63) is 59.2 Å². The maximum Gasteiger partial charge on any atom is 0.341 e. The highest BCUT2D eigenvalue weighted by Gasteiger charge is 2.22. The average Bonchev–Trinajstić information content (AvgIpc) is 2.71. The summed E-state index contributed by atoms with van der Waals surface area (Å²) in [5.41, 5.74) is 7.34. The highest BCUT2D eigenvalue weighted by atomic mass is 16.5. The summed E-state index contributed by atoms with van der Waals surface area (Å²) in [5, 5.41) is 19.0. The van der Waals surface area contributed by atoms with Crippen LogP contribution in [0.15, 0.2) is 42.5 Å². The molecule has 0 aliphatic rings. The van der Waals surface area contributed by atoms with Gasteiger partial charge in [0, 0.05) is 19.2 Å². The molecule has 0 saturated heterocycles. The number of amides is 1. The fraction of sp³-hybridized carbons (Fsp3) is 0.250. The number of hydrogen-bond donors (Lipinski definition) is 4. The average molecular weight is 401 g/mol. The molecule has 9 nitrogen and oxygen atoms in total. The van der Waals surface area contributed by atoms with Gasteiger partial charge in [-0.05, 0) is 23.3 Å². The molecule has 0 bridgehead atoms. The number of carbonyl (C=O) groups excluding carboxylic acids is 1. The predicted molar refractivity (Wildman–Crippen MR) is 105 cm³/mol.